The van der Waals surface area contributed by atoms with E-state index in [0.717, 1.165) is 3.57 Å². The summed E-state index contributed by atoms with van der Waals surface area (Å²) in [5.41, 5.74) is 7.19. The van der Waals surface area contributed by atoms with Gasteiger partial charge in [-0.25, -0.2) is 0 Å². The minimum absolute atomic E-state index is 0.181. The van der Waals surface area contributed by atoms with Gasteiger partial charge >= 0.3 is 0 Å². The van der Waals surface area contributed by atoms with Crippen LogP contribution in [0.15, 0.2) is 69.7 Å². The van der Waals surface area contributed by atoms with Gasteiger partial charge in [-0.15, -0.1) is 5.11 Å². The Bertz CT molecular complexity index is 1070. The summed E-state index contributed by atoms with van der Waals surface area (Å²) in [6, 6.07) is 15.2. The van der Waals surface area contributed by atoms with Crippen molar-refractivity contribution in [3.63, 3.8) is 0 Å². The van der Waals surface area contributed by atoms with E-state index in [1.807, 2.05) is 18.2 Å². The minimum atomic E-state index is -4.42. The second-order valence-corrected chi connectivity index (χ2v) is 7.64. The fourth-order valence-electron chi connectivity index (χ4n) is 2.30. The van der Waals surface area contributed by atoms with Gasteiger partial charge in [-0.05, 0) is 46.9 Å². The molecule has 0 spiro atoms. The van der Waals surface area contributed by atoms with E-state index in [1.54, 1.807) is 30.3 Å². The maximum atomic E-state index is 11.7. The predicted molar refractivity (Wildman–Crippen MR) is 102 cm³/mol. The van der Waals surface area contributed by atoms with Gasteiger partial charge in [0.1, 0.15) is 10.6 Å². The molecule has 0 amide bonds. The molecule has 0 fully saturated rings. The number of fused-ring (bicyclic) bond motifs is 1. The zero-order chi connectivity index (χ0) is 17.3. The molecule has 0 saturated heterocycles. The molecule has 0 saturated carbocycles. The lowest BCUT2D eigenvalue weighted by atomic mass is 10.1. The Morgan fingerprint density at radius 2 is 1.67 bits per heavy atom. The molecular formula is C16H12IN3O3S. The summed E-state index contributed by atoms with van der Waals surface area (Å²) in [7, 11) is -4.42. The molecule has 3 N–H and O–H groups in total. The van der Waals surface area contributed by atoms with E-state index in [1.165, 1.54) is 6.07 Å². The molecule has 3 aromatic rings. The SMILES string of the molecule is Nc1c(N=Nc2cccc(I)c2)cc(S(=O)(=O)O)c2ccccc12. The van der Waals surface area contributed by atoms with Crippen LogP contribution in [0, 0.1) is 3.57 Å². The number of nitrogens with zero attached hydrogens (tertiary/aromatic N) is 2. The lowest BCUT2D eigenvalue weighted by Crippen LogP contribution is -2.01. The molecule has 3 aromatic carbocycles. The number of halogens is 1. The molecule has 0 aliphatic carbocycles. The van der Waals surface area contributed by atoms with Gasteiger partial charge in [0.2, 0.25) is 0 Å². The van der Waals surface area contributed by atoms with Crippen LogP contribution in [0.5, 0.6) is 0 Å². The maximum Gasteiger partial charge on any atom is 0.295 e. The van der Waals surface area contributed by atoms with Crippen molar-refractivity contribution in [1.29, 1.82) is 0 Å². The summed E-state index contributed by atoms with van der Waals surface area (Å²) in [5, 5.41) is 8.98. The molecule has 0 aliphatic heterocycles. The van der Waals surface area contributed by atoms with Gasteiger partial charge in [-0.2, -0.15) is 13.5 Å². The van der Waals surface area contributed by atoms with Crippen molar-refractivity contribution in [2.24, 2.45) is 10.2 Å². The molecule has 8 heteroatoms. The zero-order valence-electron chi connectivity index (χ0n) is 12.2. The lowest BCUT2D eigenvalue weighted by molar-refractivity contribution is 0.484. The molecule has 0 aromatic heterocycles. The van der Waals surface area contributed by atoms with Crippen molar-refractivity contribution < 1.29 is 13.0 Å². The van der Waals surface area contributed by atoms with Crippen molar-refractivity contribution in [2.75, 3.05) is 5.73 Å². The molecule has 24 heavy (non-hydrogen) atoms. The van der Waals surface area contributed by atoms with Gasteiger partial charge in [0.05, 0.1) is 11.4 Å². The van der Waals surface area contributed by atoms with E-state index in [4.69, 9.17) is 5.73 Å². The molecule has 0 heterocycles. The van der Waals surface area contributed by atoms with Crippen molar-refractivity contribution >= 4 is 60.5 Å². The van der Waals surface area contributed by atoms with Crippen molar-refractivity contribution in [2.45, 2.75) is 4.90 Å². The van der Waals surface area contributed by atoms with Crippen LogP contribution in [0.4, 0.5) is 17.1 Å². The summed E-state index contributed by atoms with van der Waals surface area (Å²) in [4.78, 5) is -0.246. The Balaban J connectivity index is 2.20. The van der Waals surface area contributed by atoms with Crippen LogP contribution < -0.4 is 5.73 Å². The molecule has 0 bridgehead atoms. The monoisotopic (exact) mass is 453 g/mol. The van der Waals surface area contributed by atoms with E-state index in [0.29, 0.717) is 22.1 Å². The summed E-state index contributed by atoms with van der Waals surface area (Å²) < 4.78 is 33.8. The first-order valence-electron chi connectivity index (χ1n) is 6.82. The summed E-state index contributed by atoms with van der Waals surface area (Å²) >= 11 is 2.16. The van der Waals surface area contributed by atoms with Crippen LogP contribution in [0.2, 0.25) is 0 Å². The topological polar surface area (TPSA) is 105 Å². The number of anilines is 1. The highest BCUT2D eigenvalue weighted by Gasteiger charge is 2.18. The third kappa shape index (κ3) is 3.40. The number of nitrogens with two attached hydrogens (primary N) is 1. The summed E-state index contributed by atoms with van der Waals surface area (Å²) in [5.74, 6) is 0. The Kier molecular flexibility index (Phi) is 4.52. The third-order valence-electron chi connectivity index (χ3n) is 3.39. The third-order valence-corrected chi connectivity index (χ3v) is 4.95. The van der Waals surface area contributed by atoms with Crippen LogP contribution in [0.1, 0.15) is 0 Å². The Morgan fingerprint density at radius 3 is 2.33 bits per heavy atom. The Morgan fingerprint density at radius 1 is 0.958 bits per heavy atom. The Labute approximate surface area is 152 Å². The van der Waals surface area contributed by atoms with Gasteiger partial charge in [0.15, 0.2) is 0 Å². The van der Waals surface area contributed by atoms with Crippen LogP contribution in [0.3, 0.4) is 0 Å². The molecule has 0 unspecified atom stereocenters. The molecule has 3 rings (SSSR count). The Hall–Kier alpha value is -2.04. The molecule has 6 nitrogen and oxygen atoms in total. The maximum absolute atomic E-state index is 11.7. The van der Waals surface area contributed by atoms with E-state index < -0.39 is 10.1 Å². The first-order valence-corrected chi connectivity index (χ1v) is 9.34. The van der Waals surface area contributed by atoms with Crippen molar-refractivity contribution in [3.05, 3.63) is 58.2 Å². The van der Waals surface area contributed by atoms with E-state index in [9.17, 15) is 13.0 Å². The lowest BCUT2D eigenvalue weighted by Gasteiger charge is -2.09. The van der Waals surface area contributed by atoms with Crippen LogP contribution in [-0.4, -0.2) is 13.0 Å². The molecular weight excluding hydrogens is 441 g/mol. The standard InChI is InChI=1S/C16H12IN3O3S/c17-10-4-3-5-11(8-10)19-20-14-9-15(24(21,22)23)12-6-1-2-7-13(12)16(14)18/h1-9H,18H2,(H,21,22,23). The van der Waals surface area contributed by atoms with E-state index in [2.05, 4.69) is 32.8 Å². The van der Waals surface area contributed by atoms with Gasteiger partial charge in [0.25, 0.3) is 10.1 Å². The minimum Gasteiger partial charge on any atom is -0.396 e. The number of benzene rings is 3. The predicted octanol–water partition coefficient (Wildman–Crippen LogP) is 4.69. The van der Waals surface area contributed by atoms with E-state index >= 15 is 0 Å². The van der Waals surface area contributed by atoms with Crippen LogP contribution in [0.25, 0.3) is 10.8 Å². The van der Waals surface area contributed by atoms with Crippen LogP contribution >= 0.6 is 22.6 Å². The first-order chi connectivity index (χ1) is 11.4. The normalized spacial score (nSPS) is 12.1. The number of nitrogen functional groups attached to an aromatic ring is 1. The molecule has 0 atom stereocenters. The van der Waals surface area contributed by atoms with E-state index in [-0.39, 0.29) is 10.6 Å². The fraction of sp³-hybridized carbons (Fsp3) is 0. The average Bonchev–Trinajstić information content (AvgIpc) is 2.53. The number of azo groups is 1. The molecule has 0 radical (unpaired) electrons. The number of rotatable bonds is 3. The van der Waals surface area contributed by atoms with Crippen LogP contribution in [-0.2, 0) is 10.1 Å². The highest BCUT2D eigenvalue weighted by atomic mass is 127. The number of hydrogen-bond donors (Lipinski definition) is 2. The van der Waals surface area contributed by atoms with Gasteiger partial charge < -0.3 is 5.73 Å². The summed E-state index contributed by atoms with van der Waals surface area (Å²) in [6.07, 6.45) is 0. The highest BCUT2D eigenvalue weighted by molar-refractivity contribution is 14.1. The quantitative estimate of drug-likeness (QED) is 0.260. The first kappa shape index (κ1) is 16.8. The smallest absolute Gasteiger partial charge is 0.295 e. The van der Waals surface area contributed by atoms with Gasteiger partial charge in [0, 0.05) is 14.3 Å². The largest absolute Gasteiger partial charge is 0.396 e. The number of hydrogen-bond acceptors (Lipinski definition) is 5. The zero-order valence-corrected chi connectivity index (χ0v) is 15.2. The second-order valence-electron chi connectivity index (χ2n) is 5.01. The van der Waals surface area contributed by atoms with Gasteiger partial charge in [-0.3, -0.25) is 4.55 Å². The highest BCUT2D eigenvalue weighted by Crippen LogP contribution is 2.36. The van der Waals surface area contributed by atoms with Gasteiger partial charge in [-0.1, -0.05) is 30.3 Å². The van der Waals surface area contributed by atoms with Crippen molar-refractivity contribution in [1.82, 2.24) is 0 Å². The molecule has 122 valence electrons. The average molecular weight is 453 g/mol. The van der Waals surface area contributed by atoms with Crippen molar-refractivity contribution in [3.8, 4) is 0 Å². The fourth-order valence-corrected chi connectivity index (χ4v) is 3.54. The summed E-state index contributed by atoms with van der Waals surface area (Å²) in [6.45, 7) is 0. The molecule has 0 aliphatic rings. The second kappa shape index (κ2) is 6.46.